The molecule has 6 N–H and O–H groups in total. The number of nitrogens with zero attached hydrogens (tertiary/aromatic N) is 4. The topological polar surface area (TPSA) is 140 Å². The van der Waals surface area contributed by atoms with Crippen molar-refractivity contribution < 1.29 is 17.6 Å². The molecule has 13 heteroatoms. The molecule has 4 heterocycles. The fourth-order valence-corrected chi connectivity index (χ4v) is 11.7. The van der Waals surface area contributed by atoms with Crippen LogP contribution < -0.4 is 22.1 Å². The van der Waals surface area contributed by atoms with Crippen molar-refractivity contribution in [2.24, 2.45) is 34.1 Å². The zero-order valence-electron chi connectivity index (χ0n) is 28.4. The number of carbonyl (C=O) groups is 1. The Morgan fingerprint density at radius 3 is 2.22 bits per heavy atom. The van der Waals surface area contributed by atoms with Crippen LogP contribution in [-0.2, 0) is 14.8 Å². The maximum atomic E-state index is 15.4. The average molecular weight is 657 g/mol. The normalized spacial score (nSPS) is 39.2. The van der Waals surface area contributed by atoms with Crippen molar-refractivity contribution in [2.45, 2.75) is 101 Å². The monoisotopic (exact) mass is 656 g/mol. The summed E-state index contributed by atoms with van der Waals surface area (Å²) in [7, 11) is 0.612. The number of fused-ring (bicyclic) bond motifs is 1. The SMILES string of the molecule is CCC12CC(F)CN(C)C(C(C(=O)NC3CNCC(C)C3N3CCC(S(=O)(=O)N4CCN(C)CC4)CC3)C(N)N)CC1(CC)C2. The summed E-state index contributed by atoms with van der Waals surface area (Å²) in [5.74, 6) is -0.572. The van der Waals surface area contributed by atoms with Gasteiger partial charge in [-0.1, -0.05) is 20.8 Å². The molecule has 4 saturated heterocycles. The van der Waals surface area contributed by atoms with Crippen molar-refractivity contribution in [1.29, 1.82) is 0 Å². The van der Waals surface area contributed by atoms with E-state index < -0.39 is 28.3 Å². The summed E-state index contributed by atoms with van der Waals surface area (Å²) < 4.78 is 44.0. The summed E-state index contributed by atoms with van der Waals surface area (Å²) in [6.45, 7) is 12.3. The maximum absolute atomic E-state index is 15.4. The van der Waals surface area contributed by atoms with E-state index in [0.29, 0.717) is 52.0 Å². The van der Waals surface area contributed by atoms with Crippen molar-refractivity contribution in [2.75, 3.05) is 73.0 Å². The number of sulfonamides is 1. The van der Waals surface area contributed by atoms with Gasteiger partial charge in [0.15, 0.2) is 0 Å². The van der Waals surface area contributed by atoms with Gasteiger partial charge in [-0.15, -0.1) is 0 Å². The van der Waals surface area contributed by atoms with E-state index in [1.165, 1.54) is 0 Å². The van der Waals surface area contributed by atoms with Crippen LogP contribution in [0.5, 0.6) is 0 Å². The number of hydrogen-bond acceptors (Lipinski definition) is 9. The molecule has 5 aliphatic rings. The van der Waals surface area contributed by atoms with Crippen LogP contribution in [0.4, 0.5) is 4.39 Å². The summed E-state index contributed by atoms with van der Waals surface area (Å²) in [4.78, 5) is 20.8. The van der Waals surface area contributed by atoms with E-state index in [0.717, 1.165) is 45.3 Å². The van der Waals surface area contributed by atoms with Gasteiger partial charge in [0, 0.05) is 51.4 Å². The van der Waals surface area contributed by atoms with E-state index in [1.807, 2.05) is 19.0 Å². The lowest BCUT2D eigenvalue weighted by atomic mass is 9.75. The maximum Gasteiger partial charge on any atom is 0.227 e. The number of nitrogens with one attached hydrogen (secondary N) is 2. The zero-order valence-corrected chi connectivity index (χ0v) is 29.2. The van der Waals surface area contributed by atoms with Crippen LogP contribution >= 0.6 is 0 Å². The smallest absolute Gasteiger partial charge is 0.227 e. The third-order valence-corrected chi connectivity index (χ3v) is 15.1. The molecule has 0 aromatic carbocycles. The standard InChI is InChI=1S/C32H61FN8O3S/c1-6-31-16-23(33)20-39(5)26(17-32(31,7-2)21-31)27(29(34)35)30(42)37-25-19-36-18-22(3)28(25)40-10-8-24(9-11-40)45(43,44)41-14-12-38(4)13-15-41/h22-29,36H,6-21,34-35H2,1-5H3,(H,37,42). The molecule has 260 valence electrons. The van der Waals surface area contributed by atoms with E-state index in [2.05, 4.69) is 41.2 Å². The molecule has 1 aliphatic carbocycles. The molecule has 0 spiro atoms. The number of rotatable bonds is 9. The highest BCUT2D eigenvalue weighted by atomic mass is 32.2. The van der Waals surface area contributed by atoms with E-state index in [9.17, 15) is 13.2 Å². The van der Waals surface area contributed by atoms with Crippen LogP contribution in [0.2, 0.25) is 0 Å². The molecular formula is C32H61FN8O3S. The number of piperidine rings is 2. The summed E-state index contributed by atoms with van der Waals surface area (Å²) in [5, 5.41) is 6.50. The molecule has 1 saturated carbocycles. The number of halogens is 1. The lowest BCUT2D eigenvalue weighted by molar-refractivity contribution is -0.130. The Balaban J connectivity index is 1.28. The van der Waals surface area contributed by atoms with E-state index >= 15 is 4.39 Å². The van der Waals surface area contributed by atoms with Crippen molar-refractivity contribution in [3.8, 4) is 0 Å². The number of likely N-dealkylation sites (tertiary alicyclic amines) is 2. The molecular weight excluding hydrogens is 595 g/mol. The lowest BCUT2D eigenvalue weighted by Gasteiger charge is -2.48. The first-order chi connectivity index (χ1) is 21.3. The minimum atomic E-state index is -3.33. The molecule has 0 aromatic heterocycles. The summed E-state index contributed by atoms with van der Waals surface area (Å²) in [6.07, 6.45) is 3.65. The zero-order chi connectivity index (χ0) is 32.7. The molecule has 45 heavy (non-hydrogen) atoms. The molecule has 5 rings (SSSR count). The van der Waals surface area contributed by atoms with Gasteiger partial charge in [-0.05, 0) is 95.4 Å². The highest BCUT2D eigenvalue weighted by Gasteiger charge is 2.66. The molecule has 0 aromatic rings. The van der Waals surface area contributed by atoms with E-state index in [-0.39, 0.29) is 52.6 Å². The second-order valence-electron chi connectivity index (χ2n) is 15.3. The fraction of sp³-hybridized carbons (Fsp3) is 0.969. The minimum Gasteiger partial charge on any atom is -0.350 e. The van der Waals surface area contributed by atoms with Gasteiger partial charge in [0.25, 0.3) is 0 Å². The van der Waals surface area contributed by atoms with Crippen molar-refractivity contribution >= 4 is 15.9 Å². The molecule has 0 bridgehead atoms. The molecule has 1 amide bonds. The quantitative estimate of drug-likeness (QED) is 0.263. The van der Waals surface area contributed by atoms with Gasteiger partial charge in [-0.25, -0.2) is 12.8 Å². The van der Waals surface area contributed by atoms with Crippen LogP contribution in [0.3, 0.4) is 0 Å². The molecule has 8 unspecified atom stereocenters. The molecule has 0 radical (unpaired) electrons. The number of hydrogen-bond donors (Lipinski definition) is 4. The third-order valence-electron chi connectivity index (χ3n) is 12.7. The third kappa shape index (κ3) is 6.97. The first-order valence-corrected chi connectivity index (χ1v) is 19.1. The van der Waals surface area contributed by atoms with Gasteiger partial charge >= 0.3 is 0 Å². The second-order valence-corrected chi connectivity index (χ2v) is 17.5. The highest BCUT2D eigenvalue weighted by Crippen LogP contribution is 2.73. The second kappa shape index (κ2) is 13.9. The molecule has 4 aliphatic heterocycles. The lowest BCUT2D eigenvalue weighted by Crippen LogP contribution is -2.67. The Hall–Kier alpha value is -0.930. The summed E-state index contributed by atoms with van der Waals surface area (Å²) in [6, 6.07) is -0.350. The largest absolute Gasteiger partial charge is 0.350 e. The predicted octanol–water partition coefficient (Wildman–Crippen LogP) is 0.609. The number of nitrogens with two attached hydrogens (primary N) is 2. The van der Waals surface area contributed by atoms with Crippen molar-refractivity contribution in [3.63, 3.8) is 0 Å². The van der Waals surface area contributed by atoms with Crippen LogP contribution in [0.1, 0.15) is 65.7 Å². The number of likely N-dealkylation sites (N-methyl/N-ethyl adjacent to an activating group) is 1. The number of alkyl halides is 1. The Bertz CT molecular complexity index is 1130. The van der Waals surface area contributed by atoms with Crippen LogP contribution in [0.25, 0.3) is 0 Å². The van der Waals surface area contributed by atoms with Gasteiger partial charge in [-0.2, -0.15) is 4.31 Å². The average Bonchev–Trinajstić information content (AvgIpc) is 3.62. The van der Waals surface area contributed by atoms with Gasteiger partial charge in [0.1, 0.15) is 6.17 Å². The molecule has 5 fully saturated rings. The first kappa shape index (κ1) is 35.4. The van der Waals surface area contributed by atoms with E-state index in [1.54, 1.807) is 4.31 Å². The molecule has 11 nitrogen and oxygen atoms in total. The van der Waals surface area contributed by atoms with Gasteiger partial charge in [0.2, 0.25) is 15.9 Å². The Labute approximate surface area is 271 Å². The molecule has 8 atom stereocenters. The van der Waals surface area contributed by atoms with Crippen molar-refractivity contribution in [1.82, 2.24) is 29.6 Å². The first-order valence-electron chi connectivity index (χ1n) is 17.6. The highest BCUT2D eigenvalue weighted by molar-refractivity contribution is 7.89. The Morgan fingerprint density at radius 1 is 1.00 bits per heavy atom. The van der Waals surface area contributed by atoms with Gasteiger partial charge in [-0.3, -0.25) is 14.6 Å². The van der Waals surface area contributed by atoms with Crippen LogP contribution in [-0.4, -0.2) is 142 Å². The Kier molecular flexibility index (Phi) is 10.9. The number of amides is 1. The summed E-state index contributed by atoms with van der Waals surface area (Å²) >= 11 is 0. The Morgan fingerprint density at radius 2 is 1.62 bits per heavy atom. The predicted molar refractivity (Wildman–Crippen MR) is 177 cm³/mol. The van der Waals surface area contributed by atoms with Gasteiger partial charge < -0.3 is 27.0 Å². The van der Waals surface area contributed by atoms with Gasteiger partial charge in [0.05, 0.1) is 23.4 Å². The van der Waals surface area contributed by atoms with Crippen LogP contribution in [0.15, 0.2) is 0 Å². The van der Waals surface area contributed by atoms with Crippen LogP contribution in [0, 0.1) is 22.7 Å². The summed E-state index contributed by atoms with van der Waals surface area (Å²) in [5.41, 5.74) is 12.8. The van der Waals surface area contributed by atoms with E-state index in [4.69, 9.17) is 11.5 Å². The number of piperazine rings is 1. The fourth-order valence-electron chi connectivity index (χ4n) is 9.83. The minimum absolute atomic E-state index is 0.00182. The van der Waals surface area contributed by atoms with Crippen molar-refractivity contribution in [3.05, 3.63) is 0 Å². The number of carbonyl (C=O) groups excluding carboxylic acids is 1.